The van der Waals surface area contributed by atoms with E-state index in [0.717, 1.165) is 38.5 Å². The zero-order chi connectivity index (χ0) is 46.4. The van der Waals surface area contributed by atoms with Crippen molar-refractivity contribution in [1.29, 1.82) is 0 Å². The van der Waals surface area contributed by atoms with Gasteiger partial charge in [0.25, 0.3) is 7.82 Å². The zero-order valence-corrected chi connectivity index (χ0v) is 43.4. The van der Waals surface area contributed by atoms with Crippen LogP contribution in [0.3, 0.4) is 0 Å². The summed E-state index contributed by atoms with van der Waals surface area (Å²) < 4.78 is 23.3. The first-order valence-corrected chi connectivity index (χ1v) is 28.7. The molecule has 0 aliphatic carbocycles. The predicted octanol–water partition coefficient (Wildman–Crippen LogP) is 15.4. The van der Waals surface area contributed by atoms with Gasteiger partial charge in [-0.1, -0.05) is 250 Å². The van der Waals surface area contributed by atoms with Gasteiger partial charge in [0.15, 0.2) is 0 Å². The van der Waals surface area contributed by atoms with Gasteiger partial charge in [0.05, 0.1) is 39.9 Å². The summed E-state index contributed by atoms with van der Waals surface area (Å²) in [4.78, 5) is 25.4. The average Bonchev–Trinajstić information content (AvgIpc) is 3.24. The molecule has 0 aromatic carbocycles. The molecule has 0 rings (SSSR count). The zero-order valence-electron chi connectivity index (χ0n) is 42.5. The number of carbonyl (C=O) groups is 1. The molecule has 0 spiro atoms. The number of nitrogens with zero attached hydrogens (tertiary/aromatic N) is 1. The van der Waals surface area contributed by atoms with Gasteiger partial charge in [-0.25, -0.2) is 0 Å². The Kier molecular flexibility index (Phi) is 45.4. The van der Waals surface area contributed by atoms with Crippen LogP contribution in [0.2, 0.25) is 0 Å². The third kappa shape index (κ3) is 48.7. The van der Waals surface area contributed by atoms with E-state index < -0.39 is 20.0 Å². The highest BCUT2D eigenvalue weighted by Crippen LogP contribution is 2.38. The van der Waals surface area contributed by atoms with Gasteiger partial charge in [-0.2, -0.15) is 0 Å². The molecule has 0 aliphatic heterocycles. The van der Waals surface area contributed by atoms with E-state index in [0.29, 0.717) is 17.4 Å². The Balaban J connectivity index is 4.26. The number of hydrogen-bond donors (Lipinski definition) is 2. The molecule has 0 saturated carbocycles. The van der Waals surface area contributed by atoms with Gasteiger partial charge in [-0.3, -0.25) is 9.36 Å². The maximum Gasteiger partial charge on any atom is 0.268 e. The fraction of sp³-hybridized carbons (Fsp3) is 0.907. The lowest BCUT2D eigenvalue weighted by molar-refractivity contribution is -0.870. The maximum absolute atomic E-state index is 12.9. The minimum Gasteiger partial charge on any atom is -0.756 e. The van der Waals surface area contributed by atoms with Crippen LogP contribution in [0, 0.1) is 0 Å². The first-order valence-electron chi connectivity index (χ1n) is 27.2. The van der Waals surface area contributed by atoms with Crippen molar-refractivity contribution in [2.45, 2.75) is 276 Å². The molecular formula is C54H107N2O6P. The van der Waals surface area contributed by atoms with E-state index in [1.807, 2.05) is 27.2 Å². The smallest absolute Gasteiger partial charge is 0.268 e. The highest BCUT2D eigenvalue weighted by Gasteiger charge is 2.23. The lowest BCUT2D eigenvalue weighted by atomic mass is 10.0. The standard InChI is InChI=1S/C54H107N2O6P/c1-6-8-10-12-14-16-18-20-22-24-25-26-27-28-29-30-31-32-33-35-37-39-41-43-45-47-53(57)52(51-62-63(59,60)61-50-49-56(3,4)5)55-54(58)48-46-44-42-40-38-36-34-23-21-19-17-15-13-11-9-7-2/h37,39,45,47,52-53,57H,6-36,38,40-44,46,48-51H2,1-5H3,(H-,55,58,59,60)/b39-37+,47-45+. The van der Waals surface area contributed by atoms with Crippen molar-refractivity contribution in [1.82, 2.24) is 5.32 Å². The van der Waals surface area contributed by atoms with Crippen molar-refractivity contribution >= 4 is 13.7 Å². The van der Waals surface area contributed by atoms with E-state index in [1.165, 1.54) is 205 Å². The Morgan fingerprint density at radius 2 is 0.889 bits per heavy atom. The van der Waals surface area contributed by atoms with Crippen LogP contribution in [0.1, 0.15) is 264 Å². The number of likely N-dealkylation sites (N-methyl/N-ethyl adjacent to an activating group) is 1. The summed E-state index contributed by atoms with van der Waals surface area (Å²) in [5.74, 6) is -0.203. The first kappa shape index (κ1) is 62.0. The molecule has 8 nitrogen and oxygen atoms in total. The second-order valence-corrected chi connectivity index (χ2v) is 21.3. The minimum absolute atomic E-state index is 0.00387. The van der Waals surface area contributed by atoms with Crippen molar-refractivity contribution in [3.63, 3.8) is 0 Å². The van der Waals surface area contributed by atoms with Crippen LogP contribution in [0.15, 0.2) is 24.3 Å². The van der Waals surface area contributed by atoms with Gasteiger partial charge in [0.2, 0.25) is 5.91 Å². The molecule has 3 unspecified atom stereocenters. The number of allylic oxidation sites excluding steroid dienone is 3. The summed E-state index contributed by atoms with van der Waals surface area (Å²) in [7, 11) is 1.26. The minimum atomic E-state index is -4.60. The van der Waals surface area contributed by atoms with Crippen molar-refractivity contribution in [3.8, 4) is 0 Å². The number of hydrogen-bond acceptors (Lipinski definition) is 6. The van der Waals surface area contributed by atoms with Crippen LogP contribution < -0.4 is 10.2 Å². The second kappa shape index (κ2) is 46.1. The van der Waals surface area contributed by atoms with Crippen LogP contribution in [-0.2, 0) is 18.4 Å². The average molecular weight is 911 g/mol. The van der Waals surface area contributed by atoms with E-state index >= 15 is 0 Å². The molecule has 1 amide bonds. The fourth-order valence-electron chi connectivity index (χ4n) is 8.11. The summed E-state index contributed by atoms with van der Waals surface area (Å²) >= 11 is 0. The largest absolute Gasteiger partial charge is 0.756 e. The Morgan fingerprint density at radius 3 is 1.29 bits per heavy atom. The number of rotatable bonds is 50. The van der Waals surface area contributed by atoms with E-state index in [9.17, 15) is 19.4 Å². The number of amides is 1. The summed E-state index contributed by atoms with van der Waals surface area (Å²) in [6.45, 7) is 4.66. The van der Waals surface area contributed by atoms with Gasteiger partial charge in [-0.05, 0) is 32.1 Å². The predicted molar refractivity (Wildman–Crippen MR) is 270 cm³/mol. The number of phosphoric ester groups is 1. The summed E-state index contributed by atoms with van der Waals surface area (Å²) in [5.41, 5.74) is 0. The van der Waals surface area contributed by atoms with Crippen LogP contribution in [0.5, 0.6) is 0 Å². The molecule has 374 valence electrons. The van der Waals surface area contributed by atoms with Crippen LogP contribution >= 0.6 is 7.82 Å². The molecule has 0 bridgehead atoms. The Bertz CT molecular complexity index is 1080. The van der Waals surface area contributed by atoms with E-state index in [4.69, 9.17) is 9.05 Å². The topological polar surface area (TPSA) is 108 Å². The molecule has 0 saturated heterocycles. The van der Waals surface area contributed by atoms with Crippen LogP contribution in [0.4, 0.5) is 0 Å². The summed E-state index contributed by atoms with van der Waals surface area (Å²) in [6, 6.07) is -0.899. The molecule has 0 aromatic heterocycles. The van der Waals surface area contributed by atoms with E-state index in [2.05, 4.69) is 31.3 Å². The summed E-state index contributed by atoms with van der Waals surface area (Å²) in [5, 5.41) is 13.8. The number of aliphatic hydroxyl groups excluding tert-OH is 1. The SMILES string of the molecule is CCCCCCCCCCCCCCCCCCCCC/C=C/CC/C=C/C(O)C(COP(=O)([O-])OCC[N+](C)(C)C)NC(=O)CCCCCCCCCCCCCCCCCC. The number of phosphoric acid groups is 1. The summed E-state index contributed by atoms with van der Waals surface area (Å²) in [6.07, 6.45) is 56.8. The van der Waals surface area contributed by atoms with E-state index in [-0.39, 0.29) is 19.1 Å². The quantitative estimate of drug-likeness (QED) is 0.0272. The number of aliphatic hydroxyl groups is 1. The Morgan fingerprint density at radius 1 is 0.540 bits per heavy atom. The number of quaternary nitrogens is 1. The molecule has 0 heterocycles. The molecule has 2 N–H and O–H groups in total. The molecule has 63 heavy (non-hydrogen) atoms. The van der Waals surface area contributed by atoms with Crippen LogP contribution in [-0.4, -0.2) is 68.5 Å². The third-order valence-corrected chi connectivity index (χ3v) is 13.4. The molecule has 0 aliphatic rings. The van der Waals surface area contributed by atoms with Gasteiger partial charge in [0.1, 0.15) is 13.2 Å². The monoisotopic (exact) mass is 911 g/mol. The fourth-order valence-corrected chi connectivity index (χ4v) is 8.84. The maximum atomic E-state index is 12.9. The lowest BCUT2D eigenvalue weighted by Crippen LogP contribution is -2.45. The van der Waals surface area contributed by atoms with Gasteiger partial charge in [0, 0.05) is 6.42 Å². The molecule has 3 atom stereocenters. The first-order chi connectivity index (χ1) is 30.5. The number of carbonyl (C=O) groups excluding carboxylic acids is 1. The van der Waals surface area contributed by atoms with Crippen molar-refractivity contribution in [2.24, 2.45) is 0 Å². The molecule has 0 aromatic rings. The van der Waals surface area contributed by atoms with E-state index in [1.54, 1.807) is 6.08 Å². The van der Waals surface area contributed by atoms with Gasteiger partial charge >= 0.3 is 0 Å². The Labute approximate surface area is 392 Å². The highest BCUT2D eigenvalue weighted by atomic mass is 31.2. The van der Waals surface area contributed by atoms with Crippen molar-refractivity contribution in [2.75, 3.05) is 40.9 Å². The number of unbranched alkanes of at least 4 members (excludes halogenated alkanes) is 35. The van der Waals surface area contributed by atoms with Gasteiger partial charge in [-0.15, -0.1) is 0 Å². The van der Waals surface area contributed by atoms with Crippen molar-refractivity contribution in [3.05, 3.63) is 24.3 Å². The molecule has 0 radical (unpaired) electrons. The normalized spacial score (nSPS) is 14.2. The third-order valence-electron chi connectivity index (χ3n) is 12.4. The molecule has 9 heteroatoms. The molecule has 0 fully saturated rings. The van der Waals surface area contributed by atoms with Gasteiger partial charge < -0.3 is 28.8 Å². The Hall–Kier alpha value is -1.02. The van der Waals surface area contributed by atoms with Crippen LogP contribution in [0.25, 0.3) is 0 Å². The highest BCUT2D eigenvalue weighted by molar-refractivity contribution is 7.45. The lowest BCUT2D eigenvalue weighted by Gasteiger charge is -2.29. The van der Waals surface area contributed by atoms with Crippen molar-refractivity contribution < 1.29 is 32.9 Å². The second-order valence-electron chi connectivity index (χ2n) is 19.9. The number of nitrogens with one attached hydrogen (secondary N) is 1. The molecular weight excluding hydrogens is 804 g/mol.